The summed E-state index contributed by atoms with van der Waals surface area (Å²) in [6, 6.07) is 8.74. The van der Waals surface area contributed by atoms with Crippen LogP contribution in [0.2, 0.25) is 0 Å². The molecule has 1 aromatic heterocycles. The van der Waals surface area contributed by atoms with Crippen molar-refractivity contribution in [1.82, 2.24) is 5.43 Å². The van der Waals surface area contributed by atoms with Crippen molar-refractivity contribution in [2.24, 2.45) is 5.10 Å². The monoisotopic (exact) mass is 291 g/mol. The molecule has 0 atom stereocenters. The van der Waals surface area contributed by atoms with Crippen LogP contribution in [0.15, 0.2) is 46.9 Å². The Balaban J connectivity index is 1.86. The van der Waals surface area contributed by atoms with Crippen LogP contribution in [0.5, 0.6) is 0 Å². The third kappa shape index (κ3) is 3.99. The molecule has 2 rings (SSSR count). The molecule has 20 heavy (non-hydrogen) atoms. The van der Waals surface area contributed by atoms with E-state index in [4.69, 9.17) is 0 Å². The Hall–Kier alpha value is -2.54. The molecule has 102 valence electrons. The number of rotatable bonds is 3. The molecule has 0 aliphatic rings. The molecule has 5 nitrogen and oxygen atoms in total. The van der Waals surface area contributed by atoms with E-state index in [1.165, 1.54) is 41.8 Å². The number of nitrogens with one attached hydrogen (secondary N) is 2. The van der Waals surface area contributed by atoms with E-state index >= 15 is 0 Å². The zero-order valence-corrected chi connectivity index (χ0v) is 11.0. The third-order valence-electron chi connectivity index (χ3n) is 2.21. The fourth-order valence-electron chi connectivity index (χ4n) is 1.29. The lowest BCUT2D eigenvalue weighted by Gasteiger charge is -2.03. The van der Waals surface area contributed by atoms with E-state index in [0.717, 1.165) is 4.88 Å². The fraction of sp³-hybridized carbons (Fsp3) is 0. The number of carbonyl (C=O) groups excluding carboxylic acids is 2. The molecular weight excluding hydrogens is 281 g/mol. The lowest BCUT2D eigenvalue weighted by molar-refractivity contribution is -0.136. The summed E-state index contributed by atoms with van der Waals surface area (Å²) in [5.74, 6) is -2.20. The van der Waals surface area contributed by atoms with E-state index in [1.54, 1.807) is 0 Å². The normalized spacial score (nSPS) is 10.4. The number of thiophene rings is 1. The van der Waals surface area contributed by atoms with Crippen molar-refractivity contribution in [3.63, 3.8) is 0 Å². The highest BCUT2D eigenvalue weighted by Gasteiger charge is 2.12. The lowest BCUT2D eigenvalue weighted by atomic mass is 10.3. The second-order valence-electron chi connectivity index (χ2n) is 3.68. The van der Waals surface area contributed by atoms with Crippen molar-refractivity contribution in [3.8, 4) is 0 Å². The predicted molar refractivity (Wildman–Crippen MR) is 75.1 cm³/mol. The van der Waals surface area contributed by atoms with Crippen LogP contribution in [0.1, 0.15) is 4.88 Å². The van der Waals surface area contributed by atoms with Gasteiger partial charge in [-0.2, -0.15) is 5.10 Å². The molecular formula is C13H10FN3O2S. The van der Waals surface area contributed by atoms with E-state index in [-0.39, 0.29) is 0 Å². The first-order valence-corrected chi connectivity index (χ1v) is 6.46. The van der Waals surface area contributed by atoms with Gasteiger partial charge in [-0.25, -0.2) is 9.82 Å². The van der Waals surface area contributed by atoms with Gasteiger partial charge in [0.15, 0.2) is 0 Å². The zero-order valence-electron chi connectivity index (χ0n) is 10.2. The SMILES string of the molecule is O=C(N/N=C/c1cccs1)C(=O)Nc1ccc(F)cc1. The third-order valence-corrected chi connectivity index (χ3v) is 3.02. The number of amides is 2. The van der Waals surface area contributed by atoms with Crippen LogP contribution in [0.25, 0.3) is 0 Å². The van der Waals surface area contributed by atoms with Crippen molar-refractivity contribution >= 4 is 35.1 Å². The van der Waals surface area contributed by atoms with Gasteiger partial charge in [0.1, 0.15) is 5.82 Å². The van der Waals surface area contributed by atoms with E-state index < -0.39 is 17.6 Å². The molecule has 0 spiro atoms. The van der Waals surface area contributed by atoms with Gasteiger partial charge in [0, 0.05) is 10.6 Å². The number of benzene rings is 1. The molecule has 1 aromatic carbocycles. The molecule has 0 aliphatic carbocycles. The number of hydrogen-bond acceptors (Lipinski definition) is 4. The number of hydrazone groups is 1. The van der Waals surface area contributed by atoms with E-state index in [0.29, 0.717) is 5.69 Å². The van der Waals surface area contributed by atoms with Crippen molar-refractivity contribution < 1.29 is 14.0 Å². The topological polar surface area (TPSA) is 70.6 Å². The maximum atomic E-state index is 12.7. The molecule has 0 fully saturated rings. The van der Waals surface area contributed by atoms with Gasteiger partial charge >= 0.3 is 11.8 Å². The van der Waals surface area contributed by atoms with E-state index in [9.17, 15) is 14.0 Å². The lowest BCUT2D eigenvalue weighted by Crippen LogP contribution is -2.32. The second-order valence-corrected chi connectivity index (χ2v) is 4.65. The van der Waals surface area contributed by atoms with Crippen LogP contribution in [0.3, 0.4) is 0 Å². The molecule has 1 heterocycles. The van der Waals surface area contributed by atoms with Gasteiger partial charge < -0.3 is 5.32 Å². The molecule has 0 radical (unpaired) electrons. The number of halogens is 1. The maximum absolute atomic E-state index is 12.7. The number of anilines is 1. The first kappa shape index (κ1) is 13.9. The molecule has 7 heteroatoms. The van der Waals surface area contributed by atoms with Crippen LogP contribution in [0, 0.1) is 5.82 Å². The first-order chi connectivity index (χ1) is 9.65. The van der Waals surface area contributed by atoms with E-state index in [1.807, 2.05) is 17.5 Å². The van der Waals surface area contributed by atoms with Crippen molar-refractivity contribution in [1.29, 1.82) is 0 Å². The predicted octanol–water partition coefficient (Wildman–Crippen LogP) is 1.98. The Labute approximate surface area is 118 Å². The van der Waals surface area contributed by atoms with E-state index in [2.05, 4.69) is 15.8 Å². The van der Waals surface area contributed by atoms with Gasteiger partial charge in [-0.05, 0) is 35.7 Å². The molecule has 0 saturated carbocycles. The summed E-state index contributed by atoms with van der Waals surface area (Å²) in [5.41, 5.74) is 2.43. The number of hydrogen-bond donors (Lipinski definition) is 2. The Kier molecular flexibility index (Phi) is 4.56. The van der Waals surface area contributed by atoms with Crippen molar-refractivity contribution in [2.45, 2.75) is 0 Å². The summed E-state index contributed by atoms with van der Waals surface area (Å²) in [5, 5.41) is 7.84. The minimum absolute atomic E-state index is 0.328. The highest BCUT2D eigenvalue weighted by atomic mass is 32.1. The summed E-state index contributed by atoms with van der Waals surface area (Å²) in [6.45, 7) is 0. The standard InChI is InChI=1S/C13H10FN3O2S/c14-9-3-5-10(6-4-9)16-12(18)13(19)17-15-8-11-2-1-7-20-11/h1-8H,(H,16,18)(H,17,19)/b15-8+. The van der Waals surface area contributed by atoms with Crippen molar-refractivity contribution in [2.75, 3.05) is 5.32 Å². The molecule has 0 saturated heterocycles. The molecule has 0 bridgehead atoms. The van der Waals surface area contributed by atoms with Gasteiger partial charge in [-0.15, -0.1) is 11.3 Å². The summed E-state index contributed by atoms with van der Waals surface area (Å²) in [7, 11) is 0. The smallest absolute Gasteiger partial charge is 0.318 e. The van der Waals surface area contributed by atoms with Gasteiger partial charge in [0.2, 0.25) is 0 Å². The molecule has 2 N–H and O–H groups in total. The number of nitrogens with zero attached hydrogens (tertiary/aromatic N) is 1. The minimum atomic E-state index is -0.901. The summed E-state index contributed by atoms with van der Waals surface area (Å²) in [6.07, 6.45) is 1.44. The largest absolute Gasteiger partial charge is 0.329 e. The van der Waals surface area contributed by atoms with Gasteiger partial charge in [0.05, 0.1) is 6.21 Å². The average molecular weight is 291 g/mol. The van der Waals surface area contributed by atoms with Gasteiger partial charge in [-0.3, -0.25) is 9.59 Å². The summed E-state index contributed by atoms with van der Waals surface area (Å²) >= 11 is 1.45. The Morgan fingerprint density at radius 1 is 1.15 bits per heavy atom. The molecule has 0 unspecified atom stereocenters. The minimum Gasteiger partial charge on any atom is -0.318 e. The first-order valence-electron chi connectivity index (χ1n) is 5.58. The Morgan fingerprint density at radius 3 is 2.55 bits per heavy atom. The quantitative estimate of drug-likeness (QED) is 0.515. The highest BCUT2D eigenvalue weighted by molar-refractivity contribution is 7.11. The van der Waals surface area contributed by atoms with Gasteiger partial charge in [0.25, 0.3) is 0 Å². The molecule has 2 amide bonds. The van der Waals surface area contributed by atoms with Gasteiger partial charge in [-0.1, -0.05) is 6.07 Å². The zero-order chi connectivity index (χ0) is 14.4. The number of carbonyl (C=O) groups is 2. The second kappa shape index (κ2) is 6.58. The Morgan fingerprint density at radius 2 is 1.90 bits per heavy atom. The van der Waals surface area contributed by atoms with Crippen molar-refractivity contribution in [3.05, 3.63) is 52.5 Å². The van der Waals surface area contributed by atoms with Crippen LogP contribution in [0.4, 0.5) is 10.1 Å². The van der Waals surface area contributed by atoms with Crippen LogP contribution < -0.4 is 10.7 Å². The molecule has 2 aromatic rings. The highest BCUT2D eigenvalue weighted by Crippen LogP contribution is 2.07. The molecule has 0 aliphatic heterocycles. The maximum Gasteiger partial charge on any atom is 0.329 e. The van der Waals surface area contributed by atoms with Crippen LogP contribution in [-0.4, -0.2) is 18.0 Å². The van der Waals surface area contributed by atoms with Crippen LogP contribution in [-0.2, 0) is 9.59 Å². The fourth-order valence-corrected chi connectivity index (χ4v) is 1.88. The Bertz CT molecular complexity index is 624. The summed E-state index contributed by atoms with van der Waals surface area (Å²) < 4.78 is 12.7. The van der Waals surface area contributed by atoms with Crippen LogP contribution >= 0.6 is 11.3 Å². The average Bonchev–Trinajstić information content (AvgIpc) is 2.94. The summed E-state index contributed by atoms with van der Waals surface area (Å²) in [4.78, 5) is 23.8.